The SMILES string of the molecule is Cc1c(NC(=O)/C(C#N)=C/c2ccc(-c3ccccc3[N+](=O)[O-])s2)c(=O)n(-c2ccccc2)n1C. The van der Waals surface area contributed by atoms with Gasteiger partial charge in [-0.15, -0.1) is 11.3 Å². The molecule has 4 aromatic rings. The molecule has 0 aliphatic heterocycles. The average Bonchev–Trinajstić information content (AvgIpc) is 3.41. The van der Waals surface area contributed by atoms with E-state index in [0.29, 0.717) is 26.7 Å². The highest BCUT2D eigenvalue weighted by Crippen LogP contribution is 2.35. The van der Waals surface area contributed by atoms with E-state index < -0.39 is 16.4 Å². The van der Waals surface area contributed by atoms with Crippen LogP contribution in [0.1, 0.15) is 10.6 Å². The maximum atomic E-state index is 13.0. The summed E-state index contributed by atoms with van der Waals surface area (Å²) < 4.78 is 3.06. The molecule has 0 fully saturated rings. The lowest BCUT2D eigenvalue weighted by Crippen LogP contribution is -2.23. The van der Waals surface area contributed by atoms with Crippen LogP contribution < -0.4 is 10.9 Å². The number of rotatable bonds is 6. The zero-order valence-electron chi connectivity index (χ0n) is 18.8. The quantitative estimate of drug-likeness (QED) is 0.184. The second-order valence-corrected chi connectivity index (χ2v) is 8.65. The van der Waals surface area contributed by atoms with Crippen molar-refractivity contribution < 1.29 is 9.72 Å². The number of nitrogens with zero attached hydrogens (tertiary/aromatic N) is 4. The van der Waals surface area contributed by atoms with Gasteiger partial charge in [-0.05, 0) is 43.3 Å². The first-order valence-corrected chi connectivity index (χ1v) is 11.2. The molecule has 0 radical (unpaired) electrons. The maximum Gasteiger partial charge on any atom is 0.295 e. The van der Waals surface area contributed by atoms with Crippen LogP contribution in [0.3, 0.4) is 0 Å². The molecule has 10 heteroatoms. The van der Waals surface area contributed by atoms with Gasteiger partial charge in [0.25, 0.3) is 17.2 Å². The van der Waals surface area contributed by atoms with Crippen LogP contribution in [0.25, 0.3) is 22.2 Å². The van der Waals surface area contributed by atoms with Gasteiger partial charge in [-0.1, -0.05) is 30.3 Å². The normalized spacial score (nSPS) is 11.2. The van der Waals surface area contributed by atoms with Crippen LogP contribution in [0.15, 0.2) is 77.1 Å². The molecule has 0 aliphatic carbocycles. The molecule has 1 amide bonds. The molecule has 2 aromatic carbocycles. The van der Waals surface area contributed by atoms with E-state index in [1.165, 1.54) is 28.2 Å². The molecule has 9 nitrogen and oxygen atoms in total. The molecule has 0 unspecified atom stereocenters. The van der Waals surface area contributed by atoms with E-state index in [4.69, 9.17) is 0 Å². The van der Waals surface area contributed by atoms with Gasteiger partial charge in [-0.25, -0.2) is 4.68 Å². The van der Waals surface area contributed by atoms with Crippen molar-refractivity contribution >= 4 is 34.7 Å². The number of nitro benzene ring substituents is 1. The topological polar surface area (TPSA) is 123 Å². The zero-order valence-corrected chi connectivity index (χ0v) is 19.6. The minimum atomic E-state index is -0.723. The summed E-state index contributed by atoms with van der Waals surface area (Å²) in [5.74, 6) is -0.723. The van der Waals surface area contributed by atoms with E-state index in [9.17, 15) is 25.0 Å². The van der Waals surface area contributed by atoms with Gasteiger partial charge in [0.05, 0.1) is 21.9 Å². The number of nitrogens with one attached hydrogen (secondary N) is 1. The van der Waals surface area contributed by atoms with Crippen LogP contribution in [0, 0.1) is 28.4 Å². The Morgan fingerprint density at radius 2 is 1.80 bits per heavy atom. The second kappa shape index (κ2) is 9.62. The smallest absolute Gasteiger partial charge is 0.295 e. The number of carbonyl (C=O) groups is 1. The van der Waals surface area contributed by atoms with Gasteiger partial charge in [-0.3, -0.25) is 24.4 Å². The number of carbonyl (C=O) groups excluding carboxylic acids is 1. The van der Waals surface area contributed by atoms with Crippen LogP contribution in [-0.2, 0) is 11.8 Å². The molecule has 0 saturated carbocycles. The number of thiophene rings is 1. The summed E-state index contributed by atoms with van der Waals surface area (Å²) in [5.41, 5.74) is 1.05. The van der Waals surface area contributed by atoms with Gasteiger partial charge >= 0.3 is 0 Å². The lowest BCUT2D eigenvalue weighted by Gasteiger charge is -2.07. The molecule has 4 rings (SSSR count). The van der Waals surface area contributed by atoms with Gasteiger partial charge in [0.2, 0.25) is 0 Å². The summed E-state index contributed by atoms with van der Waals surface area (Å²) in [7, 11) is 1.70. The summed E-state index contributed by atoms with van der Waals surface area (Å²) in [6.45, 7) is 1.70. The van der Waals surface area contributed by atoms with E-state index >= 15 is 0 Å². The van der Waals surface area contributed by atoms with Gasteiger partial charge in [-0.2, -0.15) is 5.26 Å². The fourth-order valence-electron chi connectivity index (χ4n) is 3.60. The standard InChI is InChI=1S/C25H19N5O4S/c1-16-23(25(32)29(28(16)2)18-8-4-3-5-9-18)27-24(31)17(15-26)14-19-12-13-22(35-19)20-10-6-7-11-21(20)30(33)34/h3-14H,1-2H3,(H,27,31)/b17-14+. The third-order valence-electron chi connectivity index (χ3n) is 5.44. The van der Waals surface area contributed by atoms with Gasteiger partial charge in [0.1, 0.15) is 17.3 Å². The largest absolute Gasteiger partial charge is 0.315 e. The number of para-hydroxylation sites is 2. The van der Waals surface area contributed by atoms with E-state index in [2.05, 4.69) is 5.32 Å². The van der Waals surface area contributed by atoms with Crippen LogP contribution in [0.4, 0.5) is 11.4 Å². The van der Waals surface area contributed by atoms with Crippen molar-refractivity contribution in [2.45, 2.75) is 6.92 Å². The minimum Gasteiger partial charge on any atom is -0.315 e. The molecule has 174 valence electrons. The summed E-state index contributed by atoms with van der Waals surface area (Å²) >= 11 is 1.21. The van der Waals surface area contributed by atoms with Gasteiger partial charge in [0.15, 0.2) is 0 Å². The molecule has 2 aromatic heterocycles. The number of hydrogen-bond donors (Lipinski definition) is 1. The number of nitriles is 1. The Bertz CT molecular complexity index is 1570. The van der Waals surface area contributed by atoms with Crippen molar-refractivity contribution in [2.75, 3.05) is 5.32 Å². The van der Waals surface area contributed by atoms with Crippen LogP contribution in [-0.4, -0.2) is 20.2 Å². The molecule has 0 bridgehead atoms. The van der Waals surface area contributed by atoms with Crippen molar-refractivity contribution in [2.24, 2.45) is 7.05 Å². The van der Waals surface area contributed by atoms with E-state index in [-0.39, 0.29) is 16.9 Å². The maximum absolute atomic E-state index is 13.0. The number of aromatic nitrogens is 2. The Hall–Kier alpha value is -4.75. The molecule has 0 atom stereocenters. The minimum absolute atomic E-state index is 0.0302. The van der Waals surface area contributed by atoms with Gasteiger partial charge < -0.3 is 5.32 Å². The second-order valence-electron chi connectivity index (χ2n) is 7.54. The molecule has 0 spiro atoms. The number of anilines is 1. The molecular weight excluding hydrogens is 466 g/mol. The van der Waals surface area contributed by atoms with Crippen molar-refractivity contribution in [1.29, 1.82) is 5.26 Å². The monoisotopic (exact) mass is 485 g/mol. The van der Waals surface area contributed by atoms with Crippen molar-refractivity contribution in [1.82, 2.24) is 9.36 Å². The Balaban J connectivity index is 1.63. The fraction of sp³-hybridized carbons (Fsp3) is 0.0800. The number of amides is 1. The lowest BCUT2D eigenvalue weighted by atomic mass is 10.1. The summed E-state index contributed by atoms with van der Waals surface area (Å²) in [6.07, 6.45) is 1.40. The Kier molecular flexibility index (Phi) is 6.44. The number of benzene rings is 2. The average molecular weight is 486 g/mol. The Labute approximate surface area is 203 Å². The Morgan fingerprint density at radius 1 is 1.11 bits per heavy atom. The van der Waals surface area contributed by atoms with Crippen molar-refractivity contribution in [3.05, 3.63) is 103 Å². The van der Waals surface area contributed by atoms with Crippen molar-refractivity contribution in [3.8, 4) is 22.2 Å². The highest BCUT2D eigenvalue weighted by molar-refractivity contribution is 7.16. The van der Waals surface area contributed by atoms with E-state index in [0.717, 1.165) is 0 Å². The first-order valence-electron chi connectivity index (χ1n) is 10.4. The molecular formula is C25H19N5O4S. The third-order valence-corrected chi connectivity index (χ3v) is 6.50. The molecule has 35 heavy (non-hydrogen) atoms. The summed E-state index contributed by atoms with van der Waals surface area (Å²) in [6, 6.07) is 20.6. The zero-order chi connectivity index (χ0) is 25.1. The Morgan fingerprint density at radius 3 is 2.49 bits per heavy atom. The third kappa shape index (κ3) is 4.53. The highest BCUT2D eigenvalue weighted by Gasteiger charge is 2.20. The van der Waals surface area contributed by atoms with E-state index in [1.807, 2.05) is 12.1 Å². The molecule has 2 heterocycles. The van der Waals surface area contributed by atoms with Gasteiger partial charge in [0, 0.05) is 22.9 Å². The first-order chi connectivity index (χ1) is 16.8. The fourth-order valence-corrected chi connectivity index (χ4v) is 4.59. The summed E-state index contributed by atoms with van der Waals surface area (Å²) in [4.78, 5) is 38.0. The predicted molar refractivity (Wildman–Crippen MR) is 134 cm³/mol. The van der Waals surface area contributed by atoms with E-state index in [1.54, 1.807) is 73.3 Å². The molecule has 0 aliphatic rings. The predicted octanol–water partition coefficient (Wildman–Crippen LogP) is 4.67. The van der Waals surface area contributed by atoms with Crippen LogP contribution in [0.5, 0.6) is 0 Å². The summed E-state index contributed by atoms with van der Waals surface area (Å²) in [5, 5.41) is 23.5. The van der Waals surface area contributed by atoms with Crippen LogP contribution >= 0.6 is 11.3 Å². The lowest BCUT2D eigenvalue weighted by molar-refractivity contribution is -0.384. The number of hydrogen-bond acceptors (Lipinski definition) is 6. The highest BCUT2D eigenvalue weighted by atomic mass is 32.1. The first kappa shape index (κ1) is 23.4. The number of nitro groups is 1. The molecule has 0 saturated heterocycles. The van der Waals surface area contributed by atoms with Crippen LogP contribution in [0.2, 0.25) is 0 Å². The van der Waals surface area contributed by atoms with Crippen molar-refractivity contribution in [3.63, 3.8) is 0 Å². The molecule has 1 N–H and O–H groups in total.